The highest BCUT2D eigenvalue weighted by molar-refractivity contribution is 5.97. The molecule has 2 heteroatoms. The average molecular weight is 242 g/mol. The third-order valence-electron chi connectivity index (χ3n) is 3.08. The second-order valence-electron chi connectivity index (χ2n) is 4.53. The minimum atomic E-state index is -0.305. The highest BCUT2D eigenvalue weighted by atomic mass is 19.1. The van der Waals surface area contributed by atoms with Crippen LogP contribution in [0.4, 0.5) is 4.39 Å². The molecule has 0 bridgehead atoms. The molecule has 92 valence electrons. The van der Waals surface area contributed by atoms with Crippen molar-refractivity contribution in [1.82, 2.24) is 0 Å². The maximum atomic E-state index is 13.0. The number of Topliss-reactive ketones (excluding diaryl/α,β-unsaturated/α-hetero) is 1. The molecule has 0 fully saturated rings. The molecular formula is C16H15FO. The van der Waals surface area contributed by atoms with Crippen LogP contribution in [0.2, 0.25) is 0 Å². The summed E-state index contributed by atoms with van der Waals surface area (Å²) in [6.45, 7) is 3.99. The van der Waals surface area contributed by atoms with Crippen molar-refractivity contribution >= 4 is 5.78 Å². The van der Waals surface area contributed by atoms with Gasteiger partial charge in [0.25, 0.3) is 0 Å². The molecule has 2 aromatic rings. The van der Waals surface area contributed by atoms with Crippen LogP contribution in [-0.2, 0) is 6.42 Å². The molecular weight excluding hydrogens is 227 g/mol. The predicted octanol–water partition coefficient (Wildman–Crippen LogP) is 3.87. The molecule has 18 heavy (non-hydrogen) atoms. The zero-order chi connectivity index (χ0) is 13.1. The van der Waals surface area contributed by atoms with Gasteiger partial charge >= 0.3 is 0 Å². The molecule has 0 atom stereocenters. The third kappa shape index (κ3) is 2.83. The summed E-state index contributed by atoms with van der Waals surface area (Å²) in [5.74, 6) is -0.288. The molecule has 0 radical (unpaired) electrons. The molecule has 2 rings (SSSR count). The van der Waals surface area contributed by atoms with Crippen LogP contribution in [-0.4, -0.2) is 5.78 Å². The van der Waals surface area contributed by atoms with Crippen molar-refractivity contribution in [1.29, 1.82) is 0 Å². The largest absolute Gasteiger partial charge is 0.294 e. The fourth-order valence-electron chi connectivity index (χ4n) is 1.85. The van der Waals surface area contributed by atoms with Gasteiger partial charge in [0.15, 0.2) is 5.78 Å². The van der Waals surface area contributed by atoms with Gasteiger partial charge in [-0.05, 0) is 48.7 Å². The van der Waals surface area contributed by atoms with E-state index in [1.807, 2.05) is 32.0 Å². The average Bonchev–Trinajstić information content (AvgIpc) is 2.32. The minimum Gasteiger partial charge on any atom is -0.294 e. The second kappa shape index (κ2) is 5.13. The number of aryl methyl sites for hydroxylation is 2. The van der Waals surface area contributed by atoms with Crippen LogP contribution >= 0.6 is 0 Å². The summed E-state index contributed by atoms with van der Waals surface area (Å²) in [6, 6.07) is 11.8. The van der Waals surface area contributed by atoms with Gasteiger partial charge in [0.1, 0.15) is 5.82 Å². The van der Waals surface area contributed by atoms with E-state index in [1.54, 1.807) is 12.1 Å². The Hall–Kier alpha value is -1.96. The van der Waals surface area contributed by atoms with Gasteiger partial charge in [-0.15, -0.1) is 0 Å². The van der Waals surface area contributed by atoms with Crippen molar-refractivity contribution in [3.05, 3.63) is 70.5 Å². The van der Waals surface area contributed by atoms with Crippen LogP contribution in [0.1, 0.15) is 27.0 Å². The van der Waals surface area contributed by atoms with E-state index in [0.29, 0.717) is 11.1 Å². The van der Waals surface area contributed by atoms with Gasteiger partial charge in [-0.3, -0.25) is 4.79 Å². The normalized spacial score (nSPS) is 10.4. The fourth-order valence-corrected chi connectivity index (χ4v) is 1.85. The summed E-state index contributed by atoms with van der Waals surface area (Å²) in [7, 11) is 0. The molecule has 0 spiro atoms. The molecule has 0 aliphatic heterocycles. The van der Waals surface area contributed by atoms with E-state index in [1.165, 1.54) is 12.1 Å². The van der Waals surface area contributed by atoms with Crippen molar-refractivity contribution in [3.8, 4) is 0 Å². The summed E-state index contributed by atoms with van der Waals surface area (Å²) in [6.07, 6.45) is 0.236. The monoisotopic (exact) mass is 242 g/mol. The van der Waals surface area contributed by atoms with Crippen molar-refractivity contribution in [2.45, 2.75) is 20.3 Å². The Labute approximate surface area is 106 Å². The number of carbonyl (C=O) groups is 1. The van der Waals surface area contributed by atoms with Crippen molar-refractivity contribution in [2.24, 2.45) is 0 Å². The first-order valence-electron chi connectivity index (χ1n) is 5.91. The van der Waals surface area contributed by atoms with Crippen LogP contribution in [0, 0.1) is 19.7 Å². The molecule has 2 aromatic carbocycles. The molecule has 0 aliphatic rings. The first-order chi connectivity index (χ1) is 8.56. The van der Waals surface area contributed by atoms with E-state index in [2.05, 4.69) is 0 Å². The Morgan fingerprint density at radius 2 is 1.83 bits per heavy atom. The van der Waals surface area contributed by atoms with E-state index in [0.717, 1.165) is 11.1 Å². The highest BCUT2D eigenvalue weighted by Crippen LogP contribution is 2.13. The Kier molecular flexibility index (Phi) is 3.56. The summed E-state index contributed by atoms with van der Waals surface area (Å²) in [4.78, 5) is 12.1. The Morgan fingerprint density at radius 3 is 2.50 bits per heavy atom. The van der Waals surface area contributed by atoms with Crippen molar-refractivity contribution in [2.75, 3.05) is 0 Å². The lowest BCUT2D eigenvalue weighted by Gasteiger charge is -2.05. The molecule has 0 aromatic heterocycles. The molecule has 0 heterocycles. The molecule has 1 nitrogen and oxygen atoms in total. The maximum Gasteiger partial charge on any atom is 0.167 e. The van der Waals surface area contributed by atoms with Gasteiger partial charge < -0.3 is 0 Å². The van der Waals surface area contributed by atoms with E-state index in [9.17, 15) is 9.18 Å². The van der Waals surface area contributed by atoms with Gasteiger partial charge in [0.2, 0.25) is 0 Å². The van der Waals surface area contributed by atoms with E-state index in [4.69, 9.17) is 0 Å². The van der Waals surface area contributed by atoms with E-state index >= 15 is 0 Å². The van der Waals surface area contributed by atoms with Crippen LogP contribution in [0.15, 0.2) is 42.5 Å². The summed E-state index contributed by atoms with van der Waals surface area (Å²) < 4.78 is 13.0. The van der Waals surface area contributed by atoms with Crippen LogP contribution in [0.5, 0.6) is 0 Å². The van der Waals surface area contributed by atoms with Gasteiger partial charge in [0, 0.05) is 12.0 Å². The lowest BCUT2D eigenvalue weighted by Crippen LogP contribution is -2.04. The SMILES string of the molecule is Cc1ccc(C(=O)Cc2cccc(F)c2)cc1C. The smallest absolute Gasteiger partial charge is 0.167 e. The quantitative estimate of drug-likeness (QED) is 0.747. The number of hydrogen-bond donors (Lipinski definition) is 0. The molecule has 0 saturated carbocycles. The first-order valence-corrected chi connectivity index (χ1v) is 5.91. The molecule has 0 unspecified atom stereocenters. The summed E-state index contributed by atoms with van der Waals surface area (Å²) >= 11 is 0. The van der Waals surface area contributed by atoms with Gasteiger partial charge in [-0.1, -0.05) is 24.3 Å². The number of halogens is 1. The number of ketones is 1. The summed E-state index contributed by atoms with van der Waals surface area (Å²) in [5.41, 5.74) is 3.65. The van der Waals surface area contributed by atoms with Gasteiger partial charge in [-0.25, -0.2) is 4.39 Å². The second-order valence-corrected chi connectivity index (χ2v) is 4.53. The Bertz CT molecular complexity index is 587. The van der Waals surface area contributed by atoms with Crippen LogP contribution < -0.4 is 0 Å². The molecule has 0 aliphatic carbocycles. The number of carbonyl (C=O) groups excluding carboxylic acids is 1. The lowest BCUT2D eigenvalue weighted by molar-refractivity contribution is 0.0993. The van der Waals surface area contributed by atoms with Crippen LogP contribution in [0.3, 0.4) is 0 Å². The molecule has 0 N–H and O–H groups in total. The van der Waals surface area contributed by atoms with Crippen LogP contribution in [0.25, 0.3) is 0 Å². The topological polar surface area (TPSA) is 17.1 Å². The number of benzene rings is 2. The number of hydrogen-bond acceptors (Lipinski definition) is 1. The zero-order valence-electron chi connectivity index (χ0n) is 10.5. The predicted molar refractivity (Wildman–Crippen MR) is 70.4 cm³/mol. The lowest BCUT2D eigenvalue weighted by atomic mass is 9.99. The zero-order valence-corrected chi connectivity index (χ0v) is 10.5. The highest BCUT2D eigenvalue weighted by Gasteiger charge is 2.08. The van der Waals surface area contributed by atoms with E-state index in [-0.39, 0.29) is 18.0 Å². The molecule has 0 saturated heterocycles. The van der Waals surface area contributed by atoms with Crippen molar-refractivity contribution < 1.29 is 9.18 Å². The van der Waals surface area contributed by atoms with Gasteiger partial charge in [-0.2, -0.15) is 0 Å². The molecule has 0 amide bonds. The summed E-state index contributed by atoms with van der Waals surface area (Å²) in [5, 5.41) is 0. The fraction of sp³-hybridized carbons (Fsp3) is 0.188. The van der Waals surface area contributed by atoms with Gasteiger partial charge in [0.05, 0.1) is 0 Å². The maximum absolute atomic E-state index is 13.0. The Balaban J connectivity index is 2.19. The standard InChI is InChI=1S/C16H15FO/c1-11-6-7-14(8-12(11)2)16(18)10-13-4-3-5-15(17)9-13/h3-9H,10H2,1-2H3. The van der Waals surface area contributed by atoms with E-state index < -0.39 is 0 Å². The minimum absolute atomic E-state index is 0.0173. The Morgan fingerprint density at radius 1 is 1.06 bits per heavy atom. The first kappa shape index (κ1) is 12.5. The van der Waals surface area contributed by atoms with Crippen molar-refractivity contribution in [3.63, 3.8) is 0 Å². The third-order valence-corrected chi connectivity index (χ3v) is 3.08. The number of rotatable bonds is 3.